The normalized spacial score (nSPS) is 20.4. The molecule has 1 N–H and O–H groups in total. The van der Waals surface area contributed by atoms with Crippen LogP contribution in [-0.2, 0) is 0 Å². The van der Waals surface area contributed by atoms with Crippen molar-refractivity contribution in [1.82, 2.24) is 5.32 Å². The molecule has 1 heterocycles. The minimum absolute atomic E-state index is 0.308. The maximum Gasteiger partial charge on any atom is 0.125 e. The summed E-state index contributed by atoms with van der Waals surface area (Å²) in [6.45, 7) is 9.99. The second-order valence-corrected chi connectivity index (χ2v) is 6.03. The fourth-order valence-electron chi connectivity index (χ4n) is 3.45. The predicted molar refractivity (Wildman–Crippen MR) is 90.3 cm³/mol. The first-order chi connectivity index (χ1) is 10.2. The van der Waals surface area contributed by atoms with E-state index < -0.39 is 0 Å². The van der Waals surface area contributed by atoms with Crippen molar-refractivity contribution in [2.24, 2.45) is 5.92 Å². The molecule has 21 heavy (non-hydrogen) atoms. The molecule has 1 aliphatic rings. The third-order valence-corrected chi connectivity index (χ3v) is 4.64. The molecule has 1 fully saturated rings. The average molecular weight is 290 g/mol. The van der Waals surface area contributed by atoms with Gasteiger partial charge < -0.3 is 15.0 Å². The Morgan fingerprint density at radius 3 is 2.86 bits per heavy atom. The van der Waals surface area contributed by atoms with E-state index in [1.54, 1.807) is 7.11 Å². The number of benzene rings is 1. The van der Waals surface area contributed by atoms with E-state index in [1.165, 1.54) is 37.1 Å². The molecule has 0 aromatic heterocycles. The Morgan fingerprint density at radius 2 is 2.19 bits per heavy atom. The maximum absolute atomic E-state index is 5.63. The quantitative estimate of drug-likeness (QED) is 0.857. The zero-order valence-electron chi connectivity index (χ0n) is 14.0. The Bertz CT molecular complexity index is 447. The number of rotatable bonds is 6. The third kappa shape index (κ3) is 3.70. The highest BCUT2D eigenvalue weighted by Gasteiger charge is 2.24. The van der Waals surface area contributed by atoms with E-state index in [-0.39, 0.29) is 0 Å². The van der Waals surface area contributed by atoms with Gasteiger partial charge in [-0.1, -0.05) is 26.3 Å². The molecule has 0 aliphatic carbocycles. The van der Waals surface area contributed by atoms with Gasteiger partial charge in [0, 0.05) is 30.4 Å². The van der Waals surface area contributed by atoms with Crippen LogP contribution in [0.2, 0.25) is 0 Å². The second-order valence-electron chi connectivity index (χ2n) is 6.03. The second kappa shape index (κ2) is 7.69. The van der Waals surface area contributed by atoms with E-state index in [0.717, 1.165) is 24.8 Å². The lowest BCUT2D eigenvalue weighted by atomic mass is 9.94. The number of anilines is 1. The zero-order chi connectivity index (χ0) is 15.2. The summed E-state index contributed by atoms with van der Waals surface area (Å²) in [5.41, 5.74) is 2.65. The maximum atomic E-state index is 5.63. The molecular weight excluding hydrogens is 260 g/mol. The summed E-state index contributed by atoms with van der Waals surface area (Å²) < 4.78 is 5.63. The van der Waals surface area contributed by atoms with Crippen LogP contribution in [0.1, 0.15) is 51.6 Å². The third-order valence-electron chi connectivity index (χ3n) is 4.64. The van der Waals surface area contributed by atoms with Gasteiger partial charge >= 0.3 is 0 Å². The number of piperidine rings is 1. The molecule has 3 nitrogen and oxygen atoms in total. The van der Waals surface area contributed by atoms with Crippen LogP contribution in [0, 0.1) is 5.92 Å². The molecule has 2 atom stereocenters. The van der Waals surface area contributed by atoms with Crippen LogP contribution in [0.25, 0.3) is 0 Å². The Balaban J connectivity index is 2.33. The molecule has 3 heteroatoms. The van der Waals surface area contributed by atoms with Crippen molar-refractivity contribution in [3.63, 3.8) is 0 Å². The lowest BCUT2D eigenvalue weighted by Gasteiger charge is -2.36. The molecule has 2 rings (SSSR count). The molecule has 0 radical (unpaired) electrons. The monoisotopic (exact) mass is 290 g/mol. The minimum Gasteiger partial charge on any atom is -0.496 e. The van der Waals surface area contributed by atoms with Gasteiger partial charge in [-0.2, -0.15) is 0 Å². The van der Waals surface area contributed by atoms with Crippen LogP contribution in [-0.4, -0.2) is 26.7 Å². The van der Waals surface area contributed by atoms with Crippen LogP contribution in [0.3, 0.4) is 0 Å². The average Bonchev–Trinajstić information content (AvgIpc) is 2.54. The van der Waals surface area contributed by atoms with Gasteiger partial charge in [0.05, 0.1) is 7.11 Å². The fraction of sp³-hybridized carbons (Fsp3) is 0.667. The molecule has 0 spiro atoms. The summed E-state index contributed by atoms with van der Waals surface area (Å²) in [5.74, 6) is 1.83. The molecule has 1 aromatic rings. The topological polar surface area (TPSA) is 24.5 Å². The smallest absolute Gasteiger partial charge is 0.125 e. The van der Waals surface area contributed by atoms with Gasteiger partial charge in [-0.15, -0.1) is 0 Å². The molecule has 0 saturated carbocycles. The van der Waals surface area contributed by atoms with E-state index in [4.69, 9.17) is 4.74 Å². The fourth-order valence-corrected chi connectivity index (χ4v) is 3.45. The van der Waals surface area contributed by atoms with Crippen molar-refractivity contribution in [3.05, 3.63) is 23.8 Å². The molecular formula is C18H30N2O. The highest BCUT2D eigenvalue weighted by Crippen LogP contribution is 2.36. The lowest BCUT2D eigenvalue weighted by Crippen LogP contribution is -2.36. The summed E-state index contributed by atoms with van der Waals surface area (Å²) >= 11 is 0. The van der Waals surface area contributed by atoms with E-state index >= 15 is 0 Å². The van der Waals surface area contributed by atoms with Crippen molar-refractivity contribution in [1.29, 1.82) is 0 Å². The SMILES string of the molecule is CCNC(C)c1c(OC)cccc1N1CCCC(CC)C1. The molecule has 0 amide bonds. The highest BCUT2D eigenvalue weighted by molar-refractivity contribution is 5.61. The highest BCUT2D eigenvalue weighted by atomic mass is 16.5. The van der Waals surface area contributed by atoms with Gasteiger partial charge in [0.1, 0.15) is 5.75 Å². The van der Waals surface area contributed by atoms with Gasteiger partial charge in [0.2, 0.25) is 0 Å². The largest absolute Gasteiger partial charge is 0.496 e. The predicted octanol–water partition coefficient (Wildman–Crippen LogP) is 3.99. The Hall–Kier alpha value is -1.22. The van der Waals surface area contributed by atoms with Crippen LogP contribution in [0.4, 0.5) is 5.69 Å². The first-order valence-corrected chi connectivity index (χ1v) is 8.36. The molecule has 1 saturated heterocycles. The van der Waals surface area contributed by atoms with Crippen LogP contribution in [0.5, 0.6) is 5.75 Å². The summed E-state index contributed by atoms with van der Waals surface area (Å²) in [5, 5.41) is 3.53. The van der Waals surface area contributed by atoms with E-state index in [9.17, 15) is 0 Å². The number of ether oxygens (including phenoxy) is 1. The first-order valence-electron chi connectivity index (χ1n) is 8.36. The summed E-state index contributed by atoms with van der Waals surface area (Å²) in [7, 11) is 1.77. The summed E-state index contributed by atoms with van der Waals surface area (Å²) in [4.78, 5) is 2.56. The molecule has 0 bridgehead atoms. The minimum atomic E-state index is 0.308. The summed E-state index contributed by atoms with van der Waals surface area (Å²) in [6, 6.07) is 6.76. The van der Waals surface area contributed by atoms with Crippen molar-refractivity contribution in [3.8, 4) is 5.75 Å². The van der Waals surface area contributed by atoms with E-state index in [0.29, 0.717) is 6.04 Å². The molecule has 2 unspecified atom stereocenters. The number of nitrogens with zero attached hydrogens (tertiary/aromatic N) is 1. The van der Waals surface area contributed by atoms with Crippen molar-refractivity contribution in [2.45, 2.75) is 46.1 Å². The standard InChI is InChI=1S/C18H30N2O/c1-5-15-9-8-12-20(13-15)16-10-7-11-17(21-4)18(16)14(3)19-6-2/h7,10-11,14-15,19H,5-6,8-9,12-13H2,1-4H3. The summed E-state index contributed by atoms with van der Waals surface area (Å²) in [6.07, 6.45) is 3.94. The van der Waals surface area contributed by atoms with E-state index in [1.807, 2.05) is 0 Å². The Kier molecular flexibility index (Phi) is 5.92. The molecule has 1 aromatic carbocycles. The van der Waals surface area contributed by atoms with Crippen molar-refractivity contribution in [2.75, 3.05) is 31.6 Å². The van der Waals surface area contributed by atoms with Gasteiger partial charge in [-0.05, 0) is 44.4 Å². The van der Waals surface area contributed by atoms with Crippen LogP contribution >= 0.6 is 0 Å². The first kappa shape index (κ1) is 16.2. The lowest BCUT2D eigenvalue weighted by molar-refractivity contribution is 0.393. The number of nitrogens with one attached hydrogen (secondary N) is 1. The Morgan fingerprint density at radius 1 is 1.38 bits per heavy atom. The number of hydrogen-bond donors (Lipinski definition) is 1. The Labute approximate surface area is 129 Å². The van der Waals surface area contributed by atoms with Crippen molar-refractivity contribution >= 4 is 5.69 Å². The van der Waals surface area contributed by atoms with Crippen LogP contribution in [0.15, 0.2) is 18.2 Å². The van der Waals surface area contributed by atoms with Crippen molar-refractivity contribution < 1.29 is 4.74 Å². The van der Waals surface area contributed by atoms with Gasteiger partial charge in [-0.3, -0.25) is 0 Å². The molecule has 118 valence electrons. The number of hydrogen-bond acceptors (Lipinski definition) is 3. The van der Waals surface area contributed by atoms with Gasteiger partial charge in [0.15, 0.2) is 0 Å². The number of methoxy groups -OCH3 is 1. The van der Waals surface area contributed by atoms with Crippen LogP contribution < -0.4 is 15.0 Å². The molecule has 1 aliphatic heterocycles. The van der Waals surface area contributed by atoms with Gasteiger partial charge in [-0.25, -0.2) is 0 Å². The zero-order valence-corrected chi connectivity index (χ0v) is 14.0. The van der Waals surface area contributed by atoms with E-state index in [2.05, 4.69) is 49.2 Å². The van der Waals surface area contributed by atoms with Gasteiger partial charge in [0.25, 0.3) is 0 Å².